The Morgan fingerprint density at radius 2 is 2.15 bits per heavy atom. The van der Waals surface area contributed by atoms with E-state index in [1.807, 2.05) is 17.8 Å². The summed E-state index contributed by atoms with van der Waals surface area (Å²) in [4.78, 5) is 14.5. The standard InChI is InChI=1S/C14H13ClN4S/c15-13-9-5-6-20-14(9)18-12(17-13)7-19-8-16-10-3-1-2-4-11(10)19/h5-6,8H,1-4,7H2. The number of thiophene rings is 1. The third-order valence-electron chi connectivity index (χ3n) is 3.75. The molecule has 1 aliphatic carbocycles. The Kier molecular flexibility index (Phi) is 2.97. The highest BCUT2D eigenvalue weighted by Crippen LogP contribution is 2.25. The maximum Gasteiger partial charge on any atom is 0.151 e. The number of nitrogens with zero attached hydrogens (tertiary/aromatic N) is 4. The van der Waals surface area contributed by atoms with E-state index >= 15 is 0 Å². The normalized spacial score (nSPS) is 14.7. The van der Waals surface area contributed by atoms with E-state index in [4.69, 9.17) is 11.6 Å². The molecule has 0 unspecified atom stereocenters. The third-order valence-corrected chi connectivity index (χ3v) is 4.84. The topological polar surface area (TPSA) is 43.6 Å². The lowest BCUT2D eigenvalue weighted by Crippen LogP contribution is -2.10. The number of imidazole rings is 1. The molecule has 0 fully saturated rings. The van der Waals surface area contributed by atoms with Crippen molar-refractivity contribution in [3.63, 3.8) is 0 Å². The maximum atomic E-state index is 6.22. The van der Waals surface area contributed by atoms with Gasteiger partial charge in [-0.3, -0.25) is 0 Å². The number of fused-ring (bicyclic) bond motifs is 2. The van der Waals surface area contributed by atoms with Crippen LogP contribution in [-0.2, 0) is 19.4 Å². The molecule has 0 bridgehead atoms. The molecule has 3 aromatic rings. The molecule has 0 N–H and O–H groups in total. The van der Waals surface area contributed by atoms with Crippen LogP contribution in [0.2, 0.25) is 5.15 Å². The zero-order valence-electron chi connectivity index (χ0n) is 10.8. The molecule has 0 aliphatic heterocycles. The lowest BCUT2D eigenvalue weighted by Gasteiger charge is -2.13. The minimum atomic E-state index is 0.542. The van der Waals surface area contributed by atoms with Gasteiger partial charge in [-0.1, -0.05) is 11.6 Å². The van der Waals surface area contributed by atoms with Gasteiger partial charge in [0.15, 0.2) is 5.82 Å². The summed E-state index contributed by atoms with van der Waals surface area (Å²) < 4.78 is 2.17. The van der Waals surface area contributed by atoms with Gasteiger partial charge in [-0.2, -0.15) is 0 Å². The number of hydrogen-bond acceptors (Lipinski definition) is 4. The number of halogens is 1. The molecule has 3 aromatic heterocycles. The zero-order valence-corrected chi connectivity index (χ0v) is 12.4. The van der Waals surface area contributed by atoms with Crippen molar-refractivity contribution in [3.8, 4) is 0 Å². The van der Waals surface area contributed by atoms with E-state index in [1.54, 1.807) is 11.3 Å². The van der Waals surface area contributed by atoms with Crippen LogP contribution in [0.5, 0.6) is 0 Å². The Morgan fingerprint density at radius 3 is 3.10 bits per heavy atom. The van der Waals surface area contributed by atoms with Crippen LogP contribution in [0.1, 0.15) is 30.1 Å². The van der Waals surface area contributed by atoms with Crippen LogP contribution in [0.25, 0.3) is 10.2 Å². The summed E-state index contributed by atoms with van der Waals surface area (Å²) in [5, 5.41) is 3.47. The number of aryl methyl sites for hydroxylation is 1. The predicted octanol–water partition coefficient (Wildman–Crippen LogP) is 3.47. The van der Waals surface area contributed by atoms with Crippen molar-refractivity contribution in [3.05, 3.63) is 40.1 Å². The Hall–Kier alpha value is -1.46. The first kappa shape index (κ1) is 12.3. The van der Waals surface area contributed by atoms with Crippen LogP contribution in [0.3, 0.4) is 0 Å². The third kappa shape index (κ3) is 2.01. The van der Waals surface area contributed by atoms with E-state index < -0.39 is 0 Å². The maximum absolute atomic E-state index is 6.22. The number of rotatable bonds is 2. The quantitative estimate of drug-likeness (QED) is 0.681. The van der Waals surface area contributed by atoms with Gasteiger partial charge in [0.1, 0.15) is 9.98 Å². The van der Waals surface area contributed by atoms with Crippen LogP contribution in [0, 0.1) is 0 Å². The van der Waals surface area contributed by atoms with Crippen molar-refractivity contribution in [1.29, 1.82) is 0 Å². The molecule has 0 radical (unpaired) electrons. The molecule has 1 aliphatic rings. The largest absolute Gasteiger partial charge is 0.327 e. The highest BCUT2D eigenvalue weighted by molar-refractivity contribution is 7.16. The fourth-order valence-corrected chi connectivity index (χ4v) is 3.84. The molecule has 0 spiro atoms. The van der Waals surface area contributed by atoms with E-state index in [1.165, 1.54) is 24.2 Å². The summed E-state index contributed by atoms with van der Waals surface area (Å²) in [7, 11) is 0. The second kappa shape index (κ2) is 4.82. The van der Waals surface area contributed by atoms with Crippen LogP contribution in [0.15, 0.2) is 17.8 Å². The van der Waals surface area contributed by atoms with Crippen molar-refractivity contribution in [2.45, 2.75) is 32.2 Å². The second-order valence-corrected chi connectivity index (χ2v) is 6.30. The molecule has 0 saturated carbocycles. The Labute approximate surface area is 125 Å². The Bertz CT molecular complexity index is 777. The van der Waals surface area contributed by atoms with Gasteiger partial charge in [0, 0.05) is 11.1 Å². The summed E-state index contributed by atoms with van der Waals surface area (Å²) in [5.74, 6) is 0.760. The minimum absolute atomic E-state index is 0.542. The van der Waals surface area contributed by atoms with Gasteiger partial charge in [-0.25, -0.2) is 15.0 Å². The molecule has 4 rings (SSSR count). The number of aromatic nitrogens is 4. The lowest BCUT2D eigenvalue weighted by molar-refractivity contribution is 0.621. The van der Waals surface area contributed by atoms with E-state index in [9.17, 15) is 0 Å². The summed E-state index contributed by atoms with van der Waals surface area (Å²) in [6.07, 6.45) is 6.59. The first-order chi connectivity index (χ1) is 9.81. The van der Waals surface area contributed by atoms with Crippen LogP contribution in [0.4, 0.5) is 0 Å². The summed E-state index contributed by atoms with van der Waals surface area (Å²) in [6.45, 7) is 0.649. The van der Waals surface area contributed by atoms with E-state index in [2.05, 4.69) is 19.5 Å². The van der Waals surface area contributed by atoms with Crippen molar-refractivity contribution >= 4 is 33.2 Å². The smallest absolute Gasteiger partial charge is 0.151 e. The first-order valence-corrected chi connectivity index (χ1v) is 7.99. The van der Waals surface area contributed by atoms with Crippen LogP contribution >= 0.6 is 22.9 Å². The molecule has 3 heterocycles. The molecule has 6 heteroatoms. The minimum Gasteiger partial charge on any atom is -0.327 e. The average Bonchev–Trinajstić information content (AvgIpc) is 3.07. The zero-order chi connectivity index (χ0) is 13.5. The summed E-state index contributed by atoms with van der Waals surface area (Å²) >= 11 is 7.81. The molecule has 0 aromatic carbocycles. The van der Waals surface area contributed by atoms with Gasteiger partial charge in [0.05, 0.1) is 18.6 Å². The SMILES string of the molecule is Clc1nc(Cn2cnc3c2CCCC3)nc2sccc12. The van der Waals surface area contributed by atoms with Gasteiger partial charge in [0.2, 0.25) is 0 Å². The Balaban J connectivity index is 1.72. The average molecular weight is 305 g/mol. The Morgan fingerprint density at radius 1 is 1.25 bits per heavy atom. The fourth-order valence-electron chi connectivity index (χ4n) is 2.75. The van der Waals surface area contributed by atoms with Gasteiger partial charge < -0.3 is 4.57 Å². The van der Waals surface area contributed by atoms with Crippen molar-refractivity contribution in [1.82, 2.24) is 19.5 Å². The molecule has 4 nitrogen and oxygen atoms in total. The molecular weight excluding hydrogens is 292 g/mol. The van der Waals surface area contributed by atoms with Crippen LogP contribution < -0.4 is 0 Å². The van der Waals surface area contributed by atoms with Gasteiger partial charge in [-0.15, -0.1) is 11.3 Å². The molecule has 20 heavy (non-hydrogen) atoms. The molecule has 0 saturated heterocycles. The van der Waals surface area contributed by atoms with E-state index in [0.29, 0.717) is 11.7 Å². The van der Waals surface area contributed by atoms with Crippen molar-refractivity contribution < 1.29 is 0 Å². The highest BCUT2D eigenvalue weighted by atomic mass is 35.5. The molecule has 0 amide bonds. The van der Waals surface area contributed by atoms with Gasteiger partial charge >= 0.3 is 0 Å². The van der Waals surface area contributed by atoms with Crippen LogP contribution in [-0.4, -0.2) is 19.5 Å². The van der Waals surface area contributed by atoms with E-state index in [0.717, 1.165) is 28.9 Å². The lowest BCUT2D eigenvalue weighted by atomic mass is 10.0. The molecular formula is C14H13ClN4S. The highest BCUT2D eigenvalue weighted by Gasteiger charge is 2.16. The molecule has 0 atom stereocenters. The van der Waals surface area contributed by atoms with E-state index in [-0.39, 0.29) is 0 Å². The summed E-state index contributed by atoms with van der Waals surface area (Å²) in [6, 6.07) is 1.96. The first-order valence-electron chi connectivity index (χ1n) is 6.74. The summed E-state index contributed by atoms with van der Waals surface area (Å²) in [5.41, 5.74) is 2.57. The van der Waals surface area contributed by atoms with Gasteiger partial charge in [-0.05, 0) is 37.1 Å². The predicted molar refractivity (Wildman–Crippen MR) is 80.4 cm³/mol. The van der Waals surface area contributed by atoms with Crippen molar-refractivity contribution in [2.24, 2.45) is 0 Å². The molecule has 102 valence electrons. The van der Waals surface area contributed by atoms with Crippen molar-refractivity contribution in [2.75, 3.05) is 0 Å². The monoisotopic (exact) mass is 304 g/mol. The fraction of sp³-hybridized carbons (Fsp3) is 0.357. The second-order valence-electron chi connectivity index (χ2n) is 5.04. The van der Waals surface area contributed by atoms with Gasteiger partial charge in [0.25, 0.3) is 0 Å². The number of hydrogen-bond donors (Lipinski definition) is 0.